The summed E-state index contributed by atoms with van der Waals surface area (Å²) in [4.78, 5) is 11.5. The van der Waals surface area contributed by atoms with Crippen molar-refractivity contribution in [1.29, 1.82) is 0 Å². The third-order valence-corrected chi connectivity index (χ3v) is 13.7. The first-order chi connectivity index (χ1) is 7.04. The molecule has 0 heterocycles. The number of rotatable bonds is 4. The molecule has 1 rings (SSSR count). The molecule has 0 atom stereocenters. The Labute approximate surface area is 124 Å². The maximum atomic E-state index is 11.5. The summed E-state index contributed by atoms with van der Waals surface area (Å²) in [6.07, 6.45) is 6.29. The van der Waals surface area contributed by atoms with Gasteiger partial charge in [-0.25, -0.2) is 0 Å². The molecule has 0 spiro atoms. The number of hydrogen-bond acceptors (Lipinski definition) is 1. The smallest absolute Gasteiger partial charge is 1.00 e. The van der Waals surface area contributed by atoms with Crippen LogP contribution in [0.15, 0.2) is 21.6 Å². The van der Waals surface area contributed by atoms with Crippen LogP contribution in [0.4, 0.5) is 0 Å². The van der Waals surface area contributed by atoms with E-state index in [-0.39, 0.29) is 30.7 Å². The van der Waals surface area contributed by atoms with Crippen LogP contribution < -0.4 is 28.6 Å². The molecule has 1 aliphatic rings. The van der Waals surface area contributed by atoms with E-state index >= 15 is 0 Å². The van der Waals surface area contributed by atoms with Crippen LogP contribution in [-0.4, -0.2) is 12.6 Å². The summed E-state index contributed by atoms with van der Waals surface area (Å²) in [5.74, 6) is 0.247. The average Bonchev–Trinajstić information content (AvgIpc) is 2.60. The minimum atomic E-state index is -1.42. The van der Waals surface area contributed by atoms with E-state index in [1.54, 1.807) is 3.88 Å². The zero-order chi connectivity index (χ0) is 11.4. The minimum Gasteiger partial charge on any atom is -1.00 e. The molecule has 0 fully saturated rings. The van der Waals surface area contributed by atoms with Gasteiger partial charge in [0.15, 0.2) is 0 Å². The number of nitrogens with one attached hydrogen (secondary N) is 1. The van der Waals surface area contributed by atoms with Crippen molar-refractivity contribution in [2.75, 3.05) is 0 Å². The molecule has 0 saturated carbocycles. The predicted molar refractivity (Wildman–Crippen MR) is 63.8 cm³/mol. The molecule has 0 aliphatic heterocycles. The summed E-state index contributed by atoms with van der Waals surface area (Å²) in [6, 6.07) is 0. The van der Waals surface area contributed by atoms with Gasteiger partial charge in [0.25, 0.3) is 0 Å². The fraction of sp³-hybridized carbons (Fsp3) is 0.545. The second-order valence-electron chi connectivity index (χ2n) is 4.29. The molecule has 1 N–H and O–H groups in total. The Morgan fingerprint density at radius 3 is 2.41 bits per heavy atom. The second kappa shape index (κ2) is 9.40. The molecule has 0 aromatic carbocycles. The molecular formula is C11H20Cl2NOSiTi. The Morgan fingerprint density at radius 2 is 2.06 bits per heavy atom. The van der Waals surface area contributed by atoms with Crippen LogP contribution in [0.5, 0.6) is 0 Å². The summed E-state index contributed by atoms with van der Waals surface area (Å²) >= 11 is -1.42. The van der Waals surface area contributed by atoms with Crippen molar-refractivity contribution >= 4 is 12.6 Å². The van der Waals surface area contributed by atoms with Crippen LogP contribution in [-0.2, 0) is 22.2 Å². The van der Waals surface area contributed by atoms with Gasteiger partial charge in [0.2, 0.25) is 0 Å². The monoisotopic (exact) mass is 328 g/mol. The maximum Gasteiger partial charge on any atom is -1.00 e. The molecule has 0 radical (unpaired) electrons. The summed E-state index contributed by atoms with van der Waals surface area (Å²) in [7, 11) is 0. The van der Waals surface area contributed by atoms with Gasteiger partial charge in [0, 0.05) is 0 Å². The first-order valence-corrected chi connectivity index (χ1v) is 12.7. The molecule has 2 nitrogen and oxygen atoms in total. The van der Waals surface area contributed by atoms with Crippen LogP contribution in [0.2, 0.25) is 13.1 Å². The fourth-order valence-corrected chi connectivity index (χ4v) is 11.1. The van der Waals surface area contributed by atoms with Crippen LogP contribution in [0.3, 0.4) is 0 Å². The first-order valence-electron chi connectivity index (χ1n) is 5.59. The second-order valence-corrected chi connectivity index (χ2v) is 17.1. The van der Waals surface area contributed by atoms with Gasteiger partial charge in [0.1, 0.15) is 0 Å². The summed E-state index contributed by atoms with van der Waals surface area (Å²) in [6.45, 7) is 8.09. The van der Waals surface area contributed by atoms with E-state index in [2.05, 4.69) is 36.0 Å². The molecule has 0 aromatic heterocycles. The summed E-state index contributed by atoms with van der Waals surface area (Å²) in [5, 5.41) is 0. The molecule has 1 aliphatic carbocycles. The van der Waals surface area contributed by atoms with Gasteiger partial charge in [-0.05, 0) is 0 Å². The van der Waals surface area contributed by atoms with Gasteiger partial charge >= 0.3 is 99.9 Å². The summed E-state index contributed by atoms with van der Waals surface area (Å²) in [5.41, 5.74) is 1.37. The third-order valence-electron chi connectivity index (χ3n) is 2.56. The fourth-order valence-electron chi connectivity index (χ4n) is 1.69. The van der Waals surface area contributed by atoms with Crippen LogP contribution in [0, 0.1) is 0 Å². The van der Waals surface area contributed by atoms with Gasteiger partial charge < -0.3 is 24.8 Å². The zero-order valence-electron chi connectivity index (χ0n) is 10.8. The average molecular weight is 329 g/mol. The standard InChI is InChI=1S/C6H7.C3H7NO.C2H7Si.2ClH.Ti/c1-6-4-2-3-5-6;1-2-3(4)5;1-3-2;;;/h4-5H,2H2,1H3;2H2,1H3,(H2,4,5);3H,1-2H3;2*1H;/q;;;;;+3/p-3. The van der Waals surface area contributed by atoms with Crippen molar-refractivity contribution in [3.63, 3.8) is 0 Å². The van der Waals surface area contributed by atoms with Crippen LogP contribution in [0.1, 0.15) is 26.7 Å². The quantitative estimate of drug-likeness (QED) is 0.528. The molecule has 1 amide bonds. The molecule has 0 unspecified atom stereocenters. The number of allylic oxidation sites excluding steroid dienone is 4. The topological polar surface area (TPSA) is 29.1 Å². The minimum absolute atomic E-state index is 0. The number of halogens is 2. The zero-order valence-corrected chi connectivity index (χ0v) is 15.0. The molecular weight excluding hydrogens is 309 g/mol. The van der Waals surface area contributed by atoms with E-state index in [1.807, 2.05) is 6.92 Å². The van der Waals surface area contributed by atoms with Gasteiger partial charge in [-0.15, -0.1) is 0 Å². The van der Waals surface area contributed by atoms with Crippen molar-refractivity contribution in [3.05, 3.63) is 21.6 Å². The predicted octanol–water partition coefficient (Wildman–Crippen LogP) is -3.73. The Hall–Kier alpha value is 0.461. The molecule has 0 saturated heterocycles. The largest absolute Gasteiger partial charge is 1.00 e. The van der Waals surface area contributed by atoms with E-state index in [0.29, 0.717) is 6.42 Å². The van der Waals surface area contributed by atoms with Crippen molar-refractivity contribution in [2.24, 2.45) is 0 Å². The van der Waals surface area contributed by atoms with Gasteiger partial charge in [-0.2, -0.15) is 0 Å². The van der Waals surface area contributed by atoms with Crippen LogP contribution in [0.25, 0.3) is 0 Å². The Balaban J connectivity index is 0. The van der Waals surface area contributed by atoms with Crippen molar-refractivity contribution in [3.8, 4) is 0 Å². The van der Waals surface area contributed by atoms with E-state index < -0.39 is 24.0 Å². The number of carbonyl (C=O) groups is 1. The first kappa shape index (κ1) is 19.8. The molecule has 6 heteroatoms. The number of amides is 1. The van der Waals surface area contributed by atoms with E-state index in [9.17, 15) is 4.79 Å². The molecule has 97 valence electrons. The maximum absolute atomic E-state index is 11.5. The van der Waals surface area contributed by atoms with E-state index in [0.717, 1.165) is 6.42 Å². The Kier molecular flexibility index (Phi) is 10.9. The molecule has 0 aromatic rings. The number of carbonyl (C=O) groups excluding carboxylic acids is 1. The summed E-state index contributed by atoms with van der Waals surface area (Å²) < 4.78 is 4.88. The number of hydrogen-bond donors (Lipinski definition) is 1. The molecule has 0 bridgehead atoms. The third kappa shape index (κ3) is 6.25. The van der Waals surface area contributed by atoms with Gasteiger partial charge in [-0.1, -0.05) is 0 Å². The van der Waals surface area contributed by atoms with E-state index in [1.165, 1.54) is 5.57 Å². The van der Waals surface area contributed by atoms with Crippen LogP contribution >= 0.6 is 0 Å². The van der Waals surface area contributed by atoms with Crippen molar-refractivity contribution in [1.82, 2.24) is 3.80 Å². The van der Waals surface area contributed by atoms with E-state index in [4.69, 9.17) is 0 Å². The normalized spacial score (nSPS) is 13.2. The SMILES string of the molecule is CCC(=O)[NH][Ti+2]([C]1=CC(C)=CC1)[SiH](C)C.[Cl-].[Cl-]. The van der Waals surface area contributed by atoms with Gasteiger partial charge in [-0.3, -0.25) is 0 Å². The van der Waals surface area contributed by atoms with Crippen molar-refractivity contribution < 1.29 is 47.0 Å². The molecule has 17 heavy (non-hydrogen) atoms. The van der Waals surface area contributed by atoms with Crippen molar-refractivity contribution in [2.45, 2.75) is 39.8 Å². The Bertz CT molecular complexity index is 319. The van der Waals surface area contributed by atoms with Gasteiger partial charge in [0.05, 0.1) is 0 Å². The Morgan fingerprint density at radius 1 is 1.47 bits per heavy atom.